The van der Waals surface area contributed by atoms with Crippen molar-refractivity contribution in [2.45, 2.75) is 6.42 Å². The summed E-state index contributed by atoms with van der Waals surface area (Å²) in [6.07, 6.45) is 16.6. The lowest BCUT2D eigenvalue weighted by Gasteiger charge is -2.13. The first kappa shape index (κ1) is 9.53. The van der Waals surface area contributed by atoms with E-state index in [2.05, 4.69) is 43.8 Å². The smallest absolute Gasteiger partial charge is 0.116 e. The van der Waals surface area contributed by atoms with Gasteiger partial charge in [0.05, 0.1) is 29.3 Å². The normalized spacial score (nSPS) is 16.0. The first-order valence-electron chi connectivity index (χ1n) is 5.85. The molecule has 2 aromatic rings. The van der Waals surface area contributed by atoms with Crippen LogP contribution in [0.4, 0.5) is 0 Å². The van der Waals surface area contributed by atoms with Crippen LogP contribution in [0.15, 0.2) is 43.3 Å². The van der Waals surface area contributed by atoms with Gasteiger partial charge in [-0.25, -0.2) is 15.0 Å². The lowest BCUT2D eigenvalue weighted by molar-refractivity contribution is 1.07. The zero-order valence-electron chi connectivity index (χ0n) is 9.61. The molecule has 0 radical (unpaired) electrons. The SMILES string of the molecule is C1=CC2=c3ncncc3=Cc3cncn3C2=CC1. The molecular formula is C14H10N4. The molecule has 0 aromatic carbocycles. The van der Waals surface area contributed by atoms with E-state index in [1.54, 1.807) is 6.33 Å². The molecule has 0 N–H and O–H groups in total. The number of fused-ring (bicyclic) bond motifs is 4. The van der Waals surface area contributed by atoms with E-state index in [1.807, 2.05) is 18.7 Å². The summed E-state index contributed by atoms with van der Waals surface area (Å²) in [5.74, 6) is 0. The van der Waals surface area contributed by atoms with Gasteiger partial charge in [0.1, 0.15) is 6.33 Å². The Hall–Kier alpha value is -2.49. The van der Waals surface area contributed by atoms with E-state index >= 15 is 0 Å². The molecule has 86 valence electrons. The lowest BCUT2D eigenvalue weighted by Crippen LogP contribution is -2.30. The molecule has 0 spiro atoms. The van der Waals surface area contributed by atoms with Crippen molar-refractivity contribution >= 4 is 17.3 Å². The van der Waals surface area contributed by atoms with Crippen LogP contribution in [0, 0.1) is 0 Å². The number of nitrogens with zero attached hydrogens (tertiary/aromatic N) is 4. The van der Waals surface area contributed by atoms with Gasteiger partial charge in [-0.2, -0.15) is 0 Å². The lowest BCUT2D eigenvalue weighted by atomic mass is 10.0. The monoisotopic (exact) mass is 234 g/mol. The Labute approximate surface area is 103 Å². The fraction of sp³-hybridized carbons (Fsp3) is 0.0714. The summed E-state index contributed by atoms with van der Waals surface area (Å²) in [6, 6.07) is 0. The number of hydrogen-bond acceptors (Lipinski definition) is 3. The Morgan fingerprint density at radius 2 is 2.17 bits per heavy atom. The van der Waals surface area contributed by atoms with Crippen molar-refractivity contribution in [3.8, 4) is 0 Å². The van der Waals surface area contributed by atoms with Gasteiger partial charge in [-0.15, -0.1) is 0 Å². The molecule has 18 heavy (non-hydrogen) atoms. The van der Waals surface area contributed by atoms with Crippen LogP contribution >= 0.6 is 0 Å². The Balaban J connectivity index is 2.23. The van der Waals surface area contributed by atoms with E-state index < -0.39 is 0 Å². The van der Waals surface area contributed by atoms with Gasteiger partial charge in [0.15, 0.2) is 0 Å². The number of allylic oxidation sites excluding steroid dienone is 4. The van der Waals surface area contributed by atoms with Crippen LogP contribution in [0.25, 0.3) is 17.3 Å². The number of aromatic nitrogens is 4. The predicted octanol–water partition coefficient (Wildman–Crippen LogP) is 0.467. The van der Waals surface area contributed by atoms with Gasteiger partial charge in [0, 0.05) is 17.0 Å². The van der Waals surface area contributed by atoms with Crippen LogP contribution < -0.4 is 10.6 Å². The van der Waals surface area contributed by atoms with Crippen molar-refractivity contribution in [2.75, 3.05) is 0 Å². The summed E-state index contributed by atoms with van der Waals surface area (Å²) in [5, 5.41) is 2.01. The molecule has 0 saturated carbocycles. The van der Waals surface area contributed by atoms with Crippen molar-refractivity contribution in [1.82, 2.24) is 19.5 Å². The van der Waals surface area contributed by atoms with Gasteiger partial charge in [0.25, 0.3) is 0 Å². The van der Waals surface area contributed by atoms with Crippen LogP contribution in [0.1, 0.15) is 12.1 Å². The molecule has 4 heteroatoms. The first-order chi connectivity index (χ1) is 8.93. The molecule has 4 rings (SSSR count). The molecule has 0 unspecified atom stereocenters. The maximum absolute atomic E-state index is 4.42. The fourth-order valence-corrected chi connectivity index (χ4v) is 2.43. The average Bonchev–Trinajstić information content (AvgIpc) is 2.83. The third-order valence-electron chi connectivity index (χ3n) is 3.23. The largest absolute Gasteiger partial charge is 0.299 e. The highest BCUT2D eigenvalue weighted by Gasteiger charge is 2.15. The Morgan fingerprint density at radius 1 is 1.17 bits per heavy atom. The van der Waals surface area contributed by atoms with Gasteiger partial charge < -0.3 is 0 Å². The topological polar surface area (TPSA) is 43.6 Å². The van der Waals surface area contributed by atoms with E-state index in [0.717, 1.165) is 34.0 Å². The number of imidazole rings is 1. The summed E-state index contributed by atoms with van der Waals surface area (Å²) in [4.78, 5) is 12.7. The van der Waals surface area contributed by atoms with Gasteiger partial charge in [-0.05, 0) is 12.5 Å². The van der Waals surface area contributed by atoms with Gasteiger partial charge >= 0.3 is 0 Å². The van der Waals surface area contributed by atoms with Crippen LogP contribution in [0.2, 0.25) is 0 Å². The molecule has 4 nitrogen and oxygen atoms in total. The van der Waals surface area contributed by atoms with E-state index in [-0.39, 0.29) is 0 Å². The summed E-state index contributed by atoms with van der Waals surface area (Å²) >= 11 is 0. The summed E-state index contributed by atoms with van der Waals surface area (Å²) < 4.78 is 2.10. The van der Waals surface area contributed by atoms with E-state index in [4.69, 9.17) is 0 Å². The maximum Gasteiger partial charge on any atom is 0.116 e. The number of rotatable bonds is 0. The van der Waals surface area contributed by atoms with Gasteiger partial charge in [-0.3, -0.25) is 4.57 Å². The Bertz CT molecular complexity index is 808. The van der Waals surface area contributed by atoms with E-state index in [9.17, 15) is 0 Å². The van der Waals surface area contributed by atoms with Crippen molar-refractivity contribution < 1.29 is 0 Å². The van der Waals surface area contributed by atoms with Crippen molar-refractivity contribution in [3.63, 3.8) is 0 Å². The zero-order valence-corrected chi connectivity index (χ0v) is 9.61. The molecule has 3 heterocycles. The minimum Gasteiger partial charge on any atom is -0.299 e. The second-order valence-electron chi connectivity index (χ2n) is 4.30. The Kier molecular flexibility index (Phi) is 1.85. The zero-order chi connectivity index (χ0) is 11.9. The molecule has 0 amide bonds. The summed E-state index contributed by atoms with van der Waals surface area (Å²) in [5.41, 5.74) is 3.34. The third kappa shape index (κ3) is 1.23. The van der Waals surface area contributed by atoms with Crippen LogP contribution in [-0.2, 0) is 0 Å². The highest BCUT2D eigenvalue weighted by molar-refractivity contribution is 5.96. The van der Waals surface area contributed by atoms with Crippen LogP contribution in [0.5, 0.6) is 0 Å². The van der Waals surface area contributed by atoms with E-state index in [1.165, 1.54) is 0 Å². The maximum atomic E-state index is 4.42. The van der Waals surface area contributed by atoms with Crippen LogP contribution in [0.3, 0.4) is 0 Å². The summed E-state index contributed by atoms with van der Waals surface area (Å²) in [6.45, 7) is 0. The van der Waals surface area contributed by atoms with Crippen molar-refractivity contribution in [2.24, 2.45) is 0 Å². The molecular weight excluding hydrogens is 224 g/mol. The van der Waals surface area contributed by atoms with E-state index in [0.29, 0.717) is 0 Å². The quantitative estimate of drug-likeness (QED) is 0.665. The summed E-state index contributed by atoms with van der Waals surface area (Å²) in [7, 11) is 0. The minimum atomic E-state index is 0.941. The number of hydrogen-bond donors (Lipinski definition) is 0. The highest BCUT2D eigenvalue weighted by atomic mass is 15.1. The molecule has 1 aliphatic heterocycles. The average molecular weight is 234 g/mol. The second-order valence-corrected chi connectivity index (χ2v) is 4.30. The standard InChI is InChI=1S/C14H10N4/c1-2-4-13-12(3-1)14-10(6-15-8-17-14)5-11-7-16-9-18(11)13/h1,3-9H,2H2. The van der Waals surface area contributed by atoms with Gasteiger partial charge in [-0.1, -0.05) is 18.2 Å². The second kappa shape index (κ2) is 3.50. The Morgan fingerprint density at radius 3 is 3.17 bits per heavy atom. The molecule has 2 aliphatic rings. The fourth-order valence-electron chi connectivity index (χ4n) is 2.43. The first-order valence-corrected chi connectivity index (χ1v) is 5.85. The molecule has 2 aromatic heterocycles. The molecule has 0 atom stereocenters. The third-order valence-corrected chi connectivity index (χ3v) is 3.23. The van der Waals surface area contributed by atoms with Crippen LogP contribution in [-0.4, -0.2) is 19.5 Å². The minimum absolute atomic E-state index is 0.941. The molecule has 0 bridgehead atoms. The van der Waals surface area contributed by atoms with Crippen molar-refractivity contribution in [1.29, 1.82) is 0 Å². The van der Waals surface area contributed by atoms with Gasteiger partial charge in [0.2, 0.25) is 0 Å². The molecule has 0 fully saturated rings. The molecule has 0 saturated heterocycles. The molecule has 1 aliphatic carbocycles. The highest BCUT2D eigenvalue weighted by Crippen LogP contribution is 2.25. The predicted molar refractivity (Wildman–Crippen MR) is 68.5 cm³/mol. The van der Waals surface area contributed by atoms with Crippen molar-refractivity contribution in [3.05, 3.63) is 59.5 Å².